The lowest BCUT2D eigenvalue weighted by Crippen LogP contribution is -2.32. The maximum Gasteiger partial charge on any atom is 0.332 e. The molecule has 5 nitrogen and oxygen atoms in total. The van der Waals surface area contributed by atoms with Crippen molar-refractivity contribution in [2.75, 3.05) is 7.11 Å². The van der Waals surface area contributed by atoms with Gasteiger partial charge in [0.2, 0.25) is 16.9 Å². The first kappa shape index (κ1) is 21.0. The number of terminal acetylenes is 1. The molecule has 1 aromatic heterocycles. The van der Waals surface area contributed by atoms with Crippen molar-refractivity contribution in [2.45, 2.75) is 9.93 Å². The van der Waals surface area contributed by atoms with E-state index in [9.17, 15) is 4.79 Å². The fourth-order valence-electron chi connectivity index (χ4n) is 3.62. The SMILES string of the molecule is C#CC1(C(=O)OC)C(Cl)(Cl)C1(Oc1ccccc1)c1cccc(Oc2ccccc2)n1. The second-order valence-corrected chi connectivity index (χ2v) is 8.16. The van der Waals surface area contributed by atoms with Gasteiger partial charge in [-0.05, 0) is 30.3 Å². The van der Waals surface area contributed by atoms with Crippen LogP contribution in [0.1, 0.15) is 5.69 Å². The largest absolute Gasteiger partial charge is 0.475 e. The quantitative estimate of drug-likeness (QED) is 0.294. The molecular weight excluding hydrogens is 437 g/mol. The topological polar surface area (TPSA) is 57.7 Å². The molecule has 0 bridgehead atoms. The smallest absolute Gasteiger partial charge is 0.332 e. The lowest BCUT2D eigenvalue weighted by Gasteiger charge is -2.22. The van der Waals surface area contributed by atoms with E-state index >= 15 is 0 Å². The summed E-state index contributed by atoms with van der Waals surface area (Å²) >= 11 is 13.3. The van der Waals surface area contributed by atoms with Gasteiger partial charge in [-0.25, -0.2) is 4.98 Å². The molecule has 1 fully saturated rings. The lowest BCUT2D eigenvalue weighted by atomic mass is 9.99. The zero-order valence-electron chi connectivity index (χ0n) is 16.4. The van der Waals surface area contributed by atoms with Crippen molar-refractivity contribution in [1.29, 1.82) is 0 Å². The van der Waals surface area contributed by atoms with E-state index in [1.165, 1.54) is 7.11 Å². The predicted octanol–water partition coefficient (Wildman–Crippen LogP) is 5.13. The zero-order chi connectivity index (χ0) is 22.1. The molecule has 4 rings (SSSR count). The molecule has 1 aliphatic rings. The highest BCUT2D eigenvalue weighted by Gasteiger charge is 2.96. The highest BCUT2D eigenvalue weighted by molar-refractivity contribution is 6.55. The summed E-state index contributed by atoms with van der Waals surface area (Å²) in [4.78, 5) is 17.4. The van der Waals surface area contributed by atoms with Gasteiger partial charge in [-0.1, -0.05) is 71.6 Å². The first-order valence-corrected chi connectivity index (χ1v) is 10.1. The Morgan fingerprint density at radius 3 is 2.13 bits per heavy atom. The molecule has 1 aliphatic carbocycles. The number of rotatable bonds is 6. The van der Waals surface area contributed by atoms with Crippen LogP contribution in [0.2, 0.25) is 0 Å². The molecule has 0 radical (unpaired) electrons. The van der Waals surface area contributed by atoms with Crippen molar-refractivity contribution in [3.8, 4) is 29.7 Å². The van der Waals surface area contributed by atoms with Gasteiger partial charge in [0.15, 0.2) is 4.33 Å². The Balaban J connectivity index is 1.84. The Hall–Kier alpha value is -3.20. The number of aromatic nitrogens is 1. The van der Waals surface area contributed by atoms with Crippen molar-refractivity contribution in [2.24, 2.45) is 5.41 Å². The minimum atomic E-state index is -1.85. The molecular formula is C24H17Cl2NO4. The molecule has 0 N–H and O–H groups in total. The van der Waals surface area contributed by atoms with Gasteiger partial charge in [0, 0.05) is 6.07 Å². The van der Waals surface area contributed by atoms with E-state index in [0.717, 1.165) is 0 Å². The fraction of sp³-hybridized carbons (Fsp3) is 0.167. The van der Waals surface area contributed by atoms with Gasteiger partial charge in [-0.2, -0.15) is 0 Å². The summed E-state index contributed by atoms with van der Waals surface area (Å²) in [6.45, 7) is 0. The van der Waals surface area contributed by atoms with Crippen molar-refractivity contribution in [3.05, 3.63) is 84.6 Å². The number of carbonyl (C=O) groups is 1. The Kier molecular flexibility index (Phi) is 5.30. The number of hydrogen-bond acceptors (Lipinski definition) is 5. The molecule has 7 heteroatoms. The van der Waals surface area contributed by atoms with Crippen LogP contribution in [0.3, 0.4) is 0 Å². The van der Waals surface area contributed by atoms with E-state index in [-0.39, 0.29) is 11.6 Å². The molecule has 1 saturated carbocycles. The number of halogens is 2. The van der Waals surface area contributed by atoms with E-state index < -0.39 is 21.3 Å². The number of carbonyl (C=O) groups excluding carboxylic acids is 1. The number of ether oxygens (including phenoxy) is 3. The number of benzene rings is 2. The maximum absolute atomic E-state index is 12.8. The minimum Gasteiger partial charge on any atom is -0.475 e. The van der Waals surface area contributed by atoms with Crippen LogP contribution >= 0.6 is 23.2 Å². The molecule has 0 saturated heterocycles. The molecule has 156 valence electrons. The molecule has 2 unspecified atom stereocenters. The second kappa shape index (κ2) is 7.81. The van der Waals surface area contributed by atoms with Gasteiger partial charge >= 0.3 is 5.97 Å². The average molecular weight is 454 g/mol. The highest BCUT2D eigenvalue weighted by Crippen LogP contribution is 2.78. The third-order valence-corrected chi connectivity index (χ3v) is 6.25. The van der Waals surface area contributed by atoms with Gasteiger partial charge in [0.1, 0.15) is 11.5 Å². The zero-order valence-corrected chi connectivity index (χ0v) is 17.9. The first-order valence-electron chi connectivity index (χ1n) is 9.31. The number of pyridine rings is 1. The van der Waals surface area contributed by atoms with Crippen LogP contribution < -0.4 is 9.47 Å². The van der Waals surface area contributed by atoms with E-state index in [1.807, 2.05) is 24.3 Å². The minimum absolute atomic E-state index is 0.234. The predicted molar refractivity (Wildman–Crippen MR) is 117 cm³/mol. The monoisotopic (exact) mass is 453 g/mol. The molecule has 0 aliphatic heterocycles. The Labute approximate surface area is 189 Å². The summed E-state index contributed by atoms with van der Waals surface area (Å²) in [5.74, 6) is 2.88. The molecule has 1 heterocycles. The molecule has 0 amide bonds. The standard InChI is InChI=1S/C24H17Cl2NO4/c1-3-22(21(28)29-2)23(24(22,25)26,31-18-13-8-5-9-14-18)19-15-10-16-20(27-19)30-17-11-6-4-7-12-17/h1,4-16H,2H3. The summed E-state index contributed by atoms with van der Waals surface area (Å²) in [7, 11) is 1.21. The molecule has 2 atom stereocenters. The van der Waals surface area contributed by atoms with E-state index in [1.54, 1.807) is 54.6 Å². The lowest BCUT2D eigenvalue weighted by molar-refractivity contribution is -0.147. The van der Waals surface area contributed by atoms with Gasteiger partial charge in [0.25, 0.3) is 0 Å². The highest BCUT2D eigenvalue weighted by atomic mass is 35.5. The van der Waals surface area contributed by atoms with Crippen LogP contribution in [-0.2, 0) is 15.1 Å². The fourth-order valence-corrected chi connectivity index (χ4v) is 4.61. The van der Waals surface area contributed by atoms with Crippen molar-refractivity contribution in [3.63, 3.8) is 0 Å². The van der Waals surface area contributed by atoms with Gasteiger partial charge in [-0.3, -0.25) is 4.79 Å². The summed E-state index contributed by atoms with van der Waals surface area (Å²) in [5.41, 5.74) is -3.30. The van der Waals surface area contributed by atoms with Crippen LogP contribution in [0.15, 0.2) is 78.9 Å². The summed E-state index contributed by atoms with van der Waals surface area (Å²) in [6.07, 6.45) is 5.79. The normalized spacial score (nSPS) is 23.3. The Morgan fingerprint density at radius 1 is 0.935 bits per heavy atom. The summed E-state index contributed by atoms with van der Waals surface area (Å²) in [5, 5.41) is 0. The Bertz CT molecular complexity index is 1150. The number of esters is 1. The maximum atomic E-state index is 12.8. The van der Waals surface area contributed by atoms with Gasteiger partial charge in [0.05, 0.1) is 12.8 Å². The molecule has 3 aromatic rings. The summed E-state index contributed by atoms with van der Waals surface area (Å²) < 4.78 is 15.2. The van der Waals surface area contributed by atoms with E-state index in [4.69, 9.17) is 43.8 Å². The summed E-state index contributed by atoms with van der Waals surface area (Å²) in [6, 6.07) is 22.9. The third kappa shape index (κ3) is 3.03. The van der Waals surface area contributed by atoms with Gasteiger partial charge < -0.3 is 14.2 Å². The van der Waals surface area contributed by atoms with Gasteiger partial charge in [-0.15, -0.1) is 6.42 Å². The van der Waals surface area contributed by atoms with Crippen LogP contribution in [0, 0.1) is 17.8 Å². The van der Waals surface area contributed by atoms with E-state index in [2.05, 4.69) is 10.9 Å². The van der Waals surface area contributed by atoms with Crippen LogP contribution in [0.4, 0.5) is 0 Å². The number of para-hydroxylation sites is 2. The Morgan fingerprint density at radius 2 is 1.55 bits per heavy atom. The molecule has 0 spiro atoms. The number of nitrogens with zero attached hydrogens (tertiary/aromatic N) is 1. The van der Waals surface area contributed by atoms with E-state index in [0.29, 0.717) is 11.5 Å². The third-order valence-electron chi connectivity index (χ3n) is 5.15. The van der Waals surface area contributed by atoms with Crippen molar-refractivity contribution in [1.82, 2.24) is 4.98 Å². The number of methoxy groups -OCH3 is 1. The van der Waals surface area contributed by atoms with Crippen molar-refractivity contribution >= 4 is 29.2 Å². The number of alkyl halides is 2. The molecule has 31 heavy (non-hydrogen) atoms. The van der Waals surface area contributed by atoms with Crippen LogP contribution in [-0.4, -0.2) is 22.4 Å². The first-order chi connectivity index (χ1) is 14.9. The molecule has 2 aromatic carbocycles. The average Bonchev–Trinajstić information content (AvgIpc) is 3.24. The van der Waals surface area contributed by atoms with Crippen LogP contribution in [0.25, 0.3) is 0 Å². The van der Waals surface area contributed by atoms with Crippen molar-refractivity contribution < 1.29 is 19.0 Å². The van der Waals surface area contributed by atoms with Crippen LogP contribution in [0.5, 0.6) is 17.4 Å². The second-order valence-electron chi connectivity index (χ2n) is 6.83. The number of hydrogen-bond donors (Lipinski definition) is 0.